The molecule has 0 aromatic heterocycles. The molecule has 0 spiro atoms. The van der Waals surface area contributed by atoms with Crippen molar-refractivity contribution in [3.8, 4) is 11.5 Å². The van der Waals surface area contributed by atoms with E-state index in [1.54, 1.807) is 32.0 Å². The third kappa shape index (κ3) is 3.16. The van der Waals surface area contributed by atoms with Gasteiger partial charge < -0.3 is 14.6 Å². The molecule has 0 fully saturated rings. The van der Waals surface area contributed by atoms with Crippen molar-refractivity contribution in [1.82, 2.24) is 0 Å². The summed E-state index contributed by atoms with van der Waals surface area (Å²) in [5, 5.41) is 9.39. The van der Waals surface area contributed by atoms with E-state index in [2.05, 4.69) is 0 Å². The quantitative estimate of drug-likeness (QED) is 0.769. The zero-order valence-electron chi connectivity index (χ0n) is 8.77. The molecule has 0 aliphatic heterocycles. The molecule has 0 aliphatic rings. The minimum absolute atomic E-state index is 0.00801. The Morgan fingerprint density at radius 3 is 2.73 bits per heavy atom. The zero-order valence-corrected chi connectivity index (χ0v) is 8.77. The van der Waals surface area contributed by atoms with Crippen molar-refractivity contribution in [3.63, 3.8) is 0 Å². The van der Waals surface area contributed by atoms with E-state index in [-0.39, 0.29) is 11.5 Å². The van der Waals surface area contributed by atoms with Crippen LogP contribution >= 0.6 is 0 Å². The van der Waals surface area contributed by atoms with E-state index in [1.165, 1.54) is 6.07 Å². The van der Waals surface area contributed by atoms with Crippen molar-refractivity contribution >= 4 is 5.97 Å². The summed E-state index contributed by atoms with van der Waals surface area (Å²) in [4.78, 5) is 11.2. The number of benzene rings is 1. The SMILES string of the molecule is CCOC(=O)[C@H](C)Oc1ccccc1O. The number of hydrogen-bond acceptors (Lipinski definition) is 4. The highest BCUT2D eigenvalue weighted by Gasteiger charge is 2.16. The van der Waals surface area contributed by atoms with Gasteiger partial charge in [0.05, 0.1) is 6.61 Å². The van der Waals surface area contributed by atoms with E-state index in [0.717, 1.165) is 0 Å². The van der Waals surface area contributed by atoms with Crippen LogP contribution in [0.4, 0.5) is 0 Å². The average molecular weight is 210 g/mol. The summed E-state index contributed by atoms with van der Waals surface area (Å²) in [6, 6.07) is 6.47. The highest BCUT2D eigenvalue weighted by molar-refractivity contribution is 5.74. The summed E-state index contributed by atoms with van der Waals surface area (Å²) in [5.74, 6) is -0.160. The fourth-order valence-corrected chi connectivity index (χ4v) is 1.05. The molecule has 4 heteroatoms. The lowest BCUT2D eigenvalue weighted by molar-refractivity contribution is -0.150. The first-order valence-corrected chi connectivity index (χ1v) is 4.76. The Bertz CT molecular complexity index is 335. The maximum absolute atomic E-state index is 11.2. The van der Waals surface area contributed by atoms with Gasteiger partial charge in [0.25, 0.3) is 0 Å². The van der Waals surface area contributed by atoms with Gasteiger partial charge in [-0.2, -0.15) is 0 Å². The Morgan fingerprint density at radius 1 is 1.47 bits per heavy atom. The van der Waals surface area contributed by atoms with Gasteiger partial charge in [-0.3, -0.25) is 0 Å². The van der Waals surface area contributed by atoms with Gasteiger partial charge in [-0.25, -0.2) is 4.79 Å². The van der Waals surface area contributed by atoms with Crippen LogP contribution in [-0.2, 0) is 9.53 Å². The number of ether oxygens (including phenoxy) is 2. The molecule has 1 atom stereocenters. The third-order valence-electron chi connectivity index (χ3n) is 1.79. The van der Waals surface area contributed by atoms with Crippen molar-refractivity contribution in [2.75, 3.05) is 6.61 Å². The van der Waals surface area contributed by atoms with E-state index in [9.17, 15) is 9.90 Å². The Balaban J connectivity index is 2.62. The summed E-state index contributed by atoms with van der Waals surface area (Å²) in [7, 11) is 0. The van der Waals surface area contributed by atoms with Crippen LogP contribution in [0.1, 0.15) is 13.8 Å². The van der Waals surface area contributed by atoms with Crippen molar-refractivity contribution in [1.29, 1.82) is 0 Å². The highest BCUT2D eigenvalue weighted by Crippen LogP contribution is 2.25. The minimum Gasteiger partial charge on any atom is -0.504 e. The molecule has 0 saturated heterocycles. The van der Waals surface area contributed by atoms with E-state index >= 15 is 0 Å². The summed E-state index contributed by atoms with van der Waals surface area (Å²) in [5.41, 5.74) is 0. The molecule has 0 amide bonds. The number of hydrogen-bond donors (Lipinski definition) is 1. The molecule has 0 bridgehead atoms. The molecule has 0 saturated carbocycles. The van der Waals surface area contributed by atoms with Crippen LogP contribution in [0.5, 0.6) is 11.5 Å². The molecule has 0 aliphatic carbocycles. The average Bonchev–Trinajstić information content (AvgIpc) is 2.21. The lowest BCUT2D eigenvalue weighted by Crippen LogP contribution is -2.26. The maximum Gasteiger partial charge on any atom is 0.347 e. The van der Waals surface area contributed by atoms with Crippen LogP contribution in [0.15, 0.2) is 24.3 Å². The predicted octanol–water partition coefficient (Wildman–Crippen LogP) is 1.72. The fourth-order valence-electron chi connectivity index (χ4n) is 1.05. The van der Waals surface area contributed by atoms with Crippen molar-refractivity contribution in [2.24, 2.45) is 0 Å². The minimum atomic E-state index is -0.724. The van der Waals surface area contributed by atoms with Crippen molar-refractivity contribution < 1.29 is 19.4 Å². The standard InChI is InChI=1S/C11H14O4/c1-3-14-11(13)8(2)15-10-7-5-4-6-9(10)12/h4-8,12H,3H2,1-2H3/t8-/m0/s1. The molecule has 0 unspecified atom stereocenters. The molecular formula is C11H14O4. The summed E-state index contributed by atoms with van der Waals surface area (Å²) in [6.07, 6.45) is -0.724. The van der Waals surface area contributed by atoms with Gasteiger partial charge >= 0.3 is 5.97 Å². The topological polar surface area (TPSA) is 55.8 Å². The molecule has 1 aromatic carbocycles. The second-order valence-corrected chi connectivity index (χ2v) is 2.98. The number of esters is 1. The lowest BCUT2D eigenvalue weighted by Gasteiger charge is -2.13. The van der Waals surface area contributed by atoms with Gasteiger partial charge in [-0.15, -0.1) is 0 Å². The van der Waals surface area contributed by atoms with Crippen molar-refractivity contribution in [2.45, 2.75) is 20.0 Å². The first-order valence-electron chi connectivity index (χ1n) is 4.76. The summed E-state index contributed by atoms with van der Waals surface area (Å²) < 4.78 is 10.0. The highest BCUT2D eigenvalue weighted by atomic mass is 16.6. The normalized spacial score (nSPS) is 11.9. The number of phenols is 1. The Morgan fingerprint density at radius 2 is 2.13 bits per heavy atom. The molecule has 0 heterocycles. The van der Waals surface area contributed by atoms with Gasteiger partial charge in [-0.05, 0) is 26.0 Å². The Kier molecular flexibility index (Phi) is 3.97. The zero-order chi connectivity index (χ0) is 11.3. The van der Waals surface area contributed by atoms with E-state index in [4.69, 9.17) is 9.47 Å². The molecule has 1 N–H and O–H groups in total. The lowest BCUT2D eigenvalue weighted by atomic mass is 10.3. The summed E-state index contributed by atoms with van der Waals surface area (Å²) >= 11 is 0. The van der Waals surface area contributed by atoms with Crippen molar-refractivity contribution in [3.05, 3.63) is 24.3 Å². The number of para-hydroxylation sites is 2. The second kappa shape index (κ2) is 5.24. The van der Waals surface area contributed by atoms with Gasteiger partial charge in [0.2, 0.25) is 0 Å². The molecule has 82 valence electrons. The van der Waals surface area contributed by atoms with Crippen LogP contribution < -0.4 is 4.74 Å². The molecule has 4 nitrogen and oxygen atoms in total. The summed E-state index contributed by atoms with van der Waals surface area (Å²) in [6.45, 7) is 3.61. The first-order chi connectivity index (χ1) is 7.15. The van der Waals surface area contributed by atoms with E-state index in [0.29, 0.717) is 6.61 Å². The number of carbonyl (C=O) groups excluding carboxylic acids is 1. The van der Waals surface area contributed by atoms with Crippen LogP contribution in [0.2, 0.25) is 0 Å². The number of aromatic hydroxyl groups is 1. The third-order valence-corrected chi connectivity index (χ3v) is 1.79. The van der Waals surface area contributed by atoms with Crippen LogP contribution in [0.3, 0.4) is 0 Å². The molecule has 0 radical (unpaired) electrons. The molecular weight excluding hydrogens is 196 g/mol. The Hall–Kier alpha value is -1.71. The van der Waals surface area contributed by atoms with Gasteiger partial charge in [0.15, 0.2) is 17.6 Å². The molecule has 1 aromatic rings. The van der Waals surface area contributed by atoms with Gasteiger partial charge in [0.1, 0.15) is 0 Å². The molecule has 15 heavy (non-hydrogen) atoms. The smallest absolute Gasteiger partial charge is 0.347 e. The van der Waals surface area contributed by atoms with Crippen LogP contribution in [0.25, 0.3) is 0 Å². The van der Waals surface area contributed by atoms with E-state index < -0.39 is 12.1 Å². The maximum atomic E-state index is 11.2. The van der Waals surface area contributed by atoms with Crippen LogP contribution in [0, 0.1) is 0 Å². The van der Waals surface area contributed by atoms with Gasteiger partial charge in [0, 0.05) is 0 Å². The second-order valence-electron chi connectivity index (χ2n) is 2.98. The number of phenolic OH excluding ortho intramolecular Hbond substituents is 1. The monoisotopic (exact) mass is 210 g/mol. The number of rotatable bonds is 4. The fraction of sp³-hybridized carbons (Fsp3) is 0.364. The molecule has 1 rings (SSSR count). The largest absolute Gasteiger partial charge is 0.504 e. The van der Waals surface area contributed by atoms with Crippen LogP contribution in [-0.4, -0.2) is 23.8 Å². The van der Waals surface area contributed by atoms with E-state index in [1.807, 2.05) is 0 Å². The predicted molar refractivity (Wildman–Crippen MR) is 54.8 cm³/mol. The Labute approximate surface area is 88.4 Å². The number of carbonyl (C=O) groups is 1. The first kappa shape index (κ1) is 11.4. The van der Waals surface area contributed by atoms with Gasteiger partial charge in [-0.1, -0.05) is 12.1 Å².